The largest absolute Gasteiger partial charge is 0.382 e. The molecule has 0 spiro atoms. The Hall–Kier alpha value is -0.470. The highest BCUT2D eigenvalue weighted by molar-refractivity contribution is 14.1. The molecule has 6 heteroatoms. The van der Waals surface area contributed by atoms with Gasteiger partial charge in [-0.1, -0.05) is 0 Å². The monoisotopic (exact) mass is 411 g/mol. The smallest absolute Gasteiger partial charge is 0.212 e. The topological polar surface area (TPSA) is 33.5 Å². The van der Waals surface area contributed by atoms with Crippen molar-refractivity contribution < 1.29 is 2.90 Å². The summed E-state index contributed by atoms with van der Waals surface area (Å²) in [4.78, 5) is 8.07. The first-order chi connectivity index (χ1) is 6.79. The van der Waals surface area contributed by atoms with Crippen LogP contribution in [0.5, 0.6) is 0 Å². The quantitative estimate of drug-likeness (QED) is 0.633. The molecule has 2 heterocycles. The fourth-order valence-corrected chi connectivity index (χ4v) is 2.05. The normalized spacial score (nSPS) is 15.0. The highest BCUT2D eigenvalue weighted by Gasteiger charge is 2.12. The summed E-state index contributed by atoms with van der Waals surface area (Å²) >= 11 is 4.40. The molecule has 70 valence electrons. The van der Waals surface area contributed by atoms with E-state index in [9.17, 15) is 0 Å². The van der Waals surface area contributed by atoms with Crippen molar-refractivity contribution in [1.82, 2.24) is 4.68 Å². The Morgan fingerprint density at radius 1 is 1.50 bits per heavy atom. The average Bonchev–Trinajstić information content (AvgIpc) is 2.46. The SMILES string of the molecule is IC1=C(n2ccc[n+]2I)N=CN=C=C1. The van der Waals surface area contributed by atoms with E-state index < -0.39 is 0 Å². The summed E-state index contributed by atoms with van der Waals surface area (Å²) < 4.78 is 4.85. The van der Waals surface area contributed by atoms with Gasteiger partial charge >= 0.3 is 22.9 Å². The van der Waals surface area contributed by atoms with E-state index >= 15 is 0 Å². The average molecular weight is 411 g/mol. The number of allylic oxidation sites excluding steroid dienone is 2. The fourth-order valence-electron chi connectivity index (χ4n) is 0.993. The van der Waals surface area contributed by atoms with Crippen LogP contribution < -0.4 is 2.90 Å². The molecule has 0 bridgehead atoms. The molecule has 1 aliphatic rings. The predicted molar refractivity (Wildman–Crippen MR) is 71.8 cm³/mol. The van der Waals surface area contributed by atoms with Gasteiger partial charge in [-0.25, -0.2) is 4.99 Å². The maximum atomic E-state index is 4.23. The Labute approximate surface area is 108 Å². The maximum absolute atomic E-state index is 4.23. The Bertz CT molecular complexity index is 477. The number of hydrogen-bond acceptors (Lipinski definition) is 2. The zero-order valence-electron chi connectivity index (χ0n) is 6.93. The minimum Gasteiger partial charge on any atom is -0.212 e. The summed E-state index contributed by atoms with van der Waals surface area (Å²) in [5.41, 5.74) is 0. The maximum Gasteiger partial charge on any atom is 0.382 e. The van der Waals surface area contributed by atoms with Crippen molar-refractivity contribution in [2.75, 3.05) is 0 Å². The molecule has 0 radical (unpaired) electrons. The van der Waals surface area contributed by atoms with Crippen LogP contribution in [0.15, 0.2) is 38.1 Å². The number of nitrogens with zero attached hydrogens (tertiary/aromatic N) is 4. The molecule has 0 saturated carbocycles. The number of halogens is 2. The number of aliphatic imine (C=N–C) groups is 2. The van der Waals surface area contributed by atoms with Crippen molar-refractivity contribution in [2.45, 2.75) is 0 Å². The van der Waals surface area contributed by atoms with Gasteiger partial charge < -0.3 is 0 Å². The molecule has 0 unspecified atom stereocenters. The number of hydrogen-bond donors (Lipinski definition) is 0. The van der Waals surface area contributed by atoms with Crippen molar-refractivity contribution in [1.29, 1.82) is 0 Å². The van der Waals surface area contributed by atoms with Gasteiger partial charge in [-0.05, 0) is 31.4 Å². The van der Waals surface area contributed by atoms with E-state index in [2.05, 4.69) is 61.3 Å². The van der Waals surface area contributed by atoms with Crippen molar-refractivity contribution in [3.8, 4) is 0 Å². The molecule has 14 heavy (non-hydrogen) atoms. The van der Waals surface area contributed by atoms with E-state index in [0.29, 0.717) is 0 Å². The predicted octanol–water partition coefficient (Wildman–Crippen LogP) is 1.80. The summed E-state index contributed by atoms with van der Waals surface area (Å²) in [5.74, 6) is 3.61. The molecule has 0 atom stereocenters. The second-order valence-corrected chi connectivity index (χ2v) is 4.59. The van der Waals surface area contributed by atoms with Crippen LogP contribution in [0.1, 0.15) is 0 Å². The standard InChI is InChI=1S/C8H5I2N4/c9-7-2-3-11-6-12-8(7)13-4-1-5-14(13)10/h1-2,4-6H/q+1. The van der Waals surface area contributed by atoms with E-state index in [1.807, 2.05) is 26.0 Å². The minimum absolute atomic E-state index is 0.846. The van der Waals surface area contributed by atoms with Crippen molar-refractivity contribution in [3.63, 3.8) is 0 Å². The van der Waals surface area contributed by atoms with E-state index in [1.165, 1.54) is 6.34 Å². The van der Waals surface area contributed by atoms with Crippen LogP contribution >= 0.6 is 45.5 Å². The lowest BCUT2D eigenvalue weighted by atomic mass is 10.5. The molecule has 2 rings (SSSR count). The molecule has 0 saturated heterocycles. The van der Waals surface area contributed by atoms with Crippen LogP contribution in [0.2, 0.25) is 0 Å². The summed E-state index contributed by atoms with van der Waals surface area (Å²) in [5, 5.41) is 0. The second-order valence-electron chi connectivity index (χ2n) is 2.44. The lowest BCUT2D eigenvalue weighted by molar-refractivity contribution is -0.530. The van der Waals surface area contributed by atoms with Crippen molar-refractivity contribution >= 4 is 63.5 Å². The Morgan fingerprint density at radius 3 is 3.07 bits per heavy atom. The van der Waals surface area contributed by atoms with Crippen LogP contribution in [0.25, 0.3) is 5.82 Å². The summed E-state index contributed by atoms with van der Waals surface area (Å²) in [7, 11) is 0. The Kier molecular flexibility index (Phi) is 3.14. The molecular formula is C8H5I2N4+. The van der Waals surface area contributed by atoms with Gasteiger partial charge in [-0.15, -0.1) is 4.68 Å². The van der Waals surface area contributed by atoms with Crippen molar-refractivity contribution in [2.24, 2.45) is 9.98 Å². The first kappa shape index (κ1) is 10.1. The van der Waals surface area contributed by atoms with Gasteiger partial charge in [0, 0.05) is 12.1 Å². The molecule has 0 aromatic carbocycles. The van der Waals surface area contributed by atoms with Crippen LogP contribution in [0.3, 0.4) is 0 Å². The zero-order chi connectivity index (χ0) is 9.97. The first-order valence-corrected chi connectivity index (χ1v) is 5.80. The first-order valence-electron chi connectivity index (χ1n) is 3.76. The van der Waals surface area contributed by atoms with E-state index in [4.69, 9.17) is 0 Å². The molecule has 4 nitrogen and oxygen atoms in total. The van der Waals surface area contributed by atoms with Gasteiger partial charge in [0.15, 0.2) is 0 Å². The van der Waals surface area contributed by atoms with E-state index in [-0.39, 0.29) is 0 Å². The fraction of sp³-hybridized carbons (Fsp3) is 0. The molecule has 1 aromatic rings. The van der Waals surface area contributed by atoms with Crippen LogP contribution in [0, 0.1) is 0 Å². The van der Waals surface area contributed by atoms with Crippen LogP contribution in [0.4, 0.5) is 0 Å². The molecule has 1 aliphatic heterocycles. The van der Waals surface area contributed by atoms with Gasteiger partial charge in [-0.2, -0.15) is 4.99 Å². The van der Waals surface area contributed by atoms with E-state index in [0.717, 1.165) is 9.40 Å². The number of aromatic nitrogens is 2. The molecule has 0 N–H and O–H groups in total. The van der Waals surface area contributed by atoms with Crippen LogP contribution in [-0.2, 0) is 0 Å². The lowest BCUT2D eigenvalue weighted by Gasteiger charge is -1.98. The van der Waals surface area contributed by atoms with Gasteiger partial charge in [0.25, 0.3) is 0 Å². The molecule has 0 fully saturated rings. The van der Waals surface area contributed by atoms with Gasteiger partial charge in [0.05, 0.1) is 9.78 Å². The van der Waals surface area contributed by atoms with Gasteiger partial charge in [-0.3, -0.25) is 0 Å². The van der Waals surface area contributed by atoms with Gasteiger partial charge in [0.2, 0.25) is 12.0 Å². The van der Waals surface area contributed by atoms with Gasteiger partial charge in [0.1, 0.15) is 6.34 Å². The molecule has 1 aromatic heterocycles. The zero-order valence-corrected chi connectivity index (χ0v) is 11.2. The summed E-state index contributed by atoms with van der Waals surface area (Å²) in [6.45, 7) is 0. The third-order valence-corrected chi connectivity index (χ3v) is 3.16. The second kappa shape index (κ2) is 4.37. The molecule has 0 aliphatic carbocycles. The summed E-state index contributed by atoms with van der Waals surface area (Å²) in [6.07, 6.45) is 7.19. The molecule has 0 amide bonds. The highest BCUT2D eigenvalue weighted by Crippen LogP contribution is 2.19. The summed E-state index contributed by atoms with van der Waals surface area (Å²) in [6, 6.07) is 1.95. The third kappa shape index (κ3) is 1.96. The minimum atomic E-state index is 0.846. The third-order valence-electron chi connectivity index (χ3n) is 1.58. The Balaban J connectivity index is 2.55. The lowest BCUT2D eigenvalue weighted by Crippen LogP contribution is -2.29. The molecular weight excluding hydrogens is 406 g/mol. The van der Waals surface area contributed by atoms with Crippen molar-refractivity contribution in [3.05, 3.63) is 28.1 Å². The van der Waals surface area contributed by atoms with E-state index in [1.54, 1.807) is 6.08 Å². The Morgan fingerprint density at radius 2 is 2.36 bits per heavy atom. The van der Waals surface area contributed by atoms with Crippen LogP contribution in [-0.4, -0.2) is 16.9 Å². The number of rotatable bonds is 1. The highest BCUT2D eigenvalue weighted by atomic mass is 127.